The van der Waals surface area contributed by atoms with Crippen molar-refractivity contribution < 1.29 is 9.15 Å². The van der Waals surface area contributed by atoms with E-state index < -0.39 is 0 Å². The van der Waals surface area contributed by atoms with Gasteiger partial charge in [0.2, 0.25) is 0 Å². The van der Waals surface area contributed by atoms with Crippen molar-refractivity contribution in [3.8, 4) is 0 Å². The molecule has 1 fully saturated rings. The Bertz CT molecular complexity index is 351. The van der Waals surface area contributed by atoms with E-state index in [0.717, 1.165) is 31.9 Å². The largest absolute Gasteiger partial charge is 0.468 e. The molecule has 1 aromatic heterocycles. The zero-order valence-electron chi connectivity index (χ0n) is 10.7. The third-order valence-corrected chi connectivity index (χ3v) is 3.45. The number of rotatable bonds is 4. The molecule has 0 spiro atoms. The van der Waals surface area contributed by atoms with Crippen LogP contribution < -0.4 is 5.73 Å². The topological polar surface area (TPSA) is 51.6 Å². The van der Waals surface area contributed by atoms with Crippen molar-refractivity contribution in [1.29, 1.82) is 0 Å². The zero-order valence-corrected chi connectivity index (χ0v) is 10.7. The lowest BCUT2D eigenvalue weighted by Crippen LogP contribution is -2.47. The lowest BCUT2D eigenvalue weighted by molar-refractivity contribution is -0.0593. The predicted molar refractivity (Wildman–Crippen MR) is 66.5 cm³/mol. The van der Waals surface area contributed by atoms with Gasteiger partial charge in [-0.1, -0.05) is 6.92 Å². The average molecular weight is 238 g/mol. The summed E-state index contributed by atoms with van der Waals surface area (Å²) in [5.41, 5.74) is 6.87. The SMILES string of the molecule is CCC1COC(C)CN1Cc1ccoc1CN. The summed E-state index contributed by atoms with van der Waals surface area (Å²) in [4.78, 5) is 2.47. The third kappa shape index (κ3) is 2.89. The minimum atomic E-state index is 0.311. The molecule has 2 heterocycles. The molecule has 17 heavy (non-hydrogen) atoms. The van der Waals surface area contributed by atoms with Gasteiger partial charge < -0.3 is 14.9 Å². The molecule has 0 amide bonds. The predicted octanol–water partition coefficient (Wildman–Crippen LogP) is 1.74. The molecule has 4 heteroatoms. The maximum Gasteiger partial charge on any atom is 0.121 e. The molecule has 2 N–H and O–H groups in total. The number of nitrogens with two attached hydrogens (primary N) is 1. The van der Waals surface area contributed by atoms with Crippen molar-refractivity contribution in [3.63, 3.8) is 0 Å². The lowest BCUT2D eigenvalue weighted by atomic mass is 10.1. The number of morpholine rings is 1. The van der Waals surface area contributed by atoms with Crippen molar-refractivity contribution in [2.75, 3.05) is 13.2 Å². The van der Waals surface area contributed by atoms with Crippen LogP contribution in [0.5, 0.6) is 0 Å². The minimum Gasteiger partial charge on any atom is -0.468 e. The Morgan fingerprint density at radius 1 is 1.53 bits per heavy atom. The van der Waals surface area contributed by atoms with E-state index in [9.17, 15) is 0 Å². The van der Waals surface area contributed by atoms with Gasteiger partial charge in [0.15, 0.2) is 0 Å². The number of furan rings is 1. The fraction of sp³-hybridized carbons (Fsp3) is 0.692. The summed E-state index contributed by atoms with van der Waals surface area (Å²) in [7, 11) is 0. The normalized spacial score (nSPS) is 26.3. The molecular weight excluding hydrogens is 216 g/mol. The van der Waals surface area contributed by atoms with Gasteiger partial charge >= 0.3 is 0 Å². The molecule has 2 rings (SSSR count). The number of nitrogens with zero attached hydrogens (tertiary/aromatic N) is 1. The first-order valence-electron chi connectivity index (χ1n) is 6.35. The molecule has 1 aromatic rings. The molecule has 0 radical (unpaired) electrons. The van der Waals surface area contributed by atoms with E-state index in [1.165, 1.54) is 5.56 Å². The van der Waals surface area contributed by atoms with Gasteiger partial charge in [0.1, 0.15) is 5.76 Å². The minimum absolute atomic E-state index is 0.311. The van der Waals surface area contributed by atoms with Crippen LogP contribution >= 0.6 is 0 Å². The Hall–Kier alpha value is -0.840. The Morgan fingerprint density at radius 2 is 2.35 bits per heavy atom. The molecule has 0 aromatic carbocycles. The molecule has 96 valence electrons. The number of ether oxygens (including phenoxy) is 1. The average Bonchev–Trinajstić information content (AvgIpc) is 2.77. The maximum atomic E-state index is 5.70. The molecule has 1 aliphatic rings. The quantitative estimate of drug-likeness (QED) is 0.868. The Labute approximate surface area is 103 Å². The van der Waals surface area contributed by atoms with Gasteiger partial charge in [0.05, 0.1) is 25.5 Å². The fourth-order valence-electron chi connectivity index (χ4n) is 2.39. The van der Waals surface area contributed by atoms with E-state index >= 15 is 0 Å². The van der Waals surface area contributed by atoms with Crippen molar-refractivity contribution in [3.05, 3.63) is 23.7 Å². The fourth-order valence-corrected chi connectivity index (χ4v) is 2.39. The standard InChI is InChI=1S/C13H22N2O2/c1-3-12-9-17-10(2)7-15(12)8-11-4-5-16-13(11)6-14/h4-5,10,12H,3,6-9,14H2,1-2H3. The second kappa shape index (κ2) is 5.67. The highest BCUT2D eigenvalue weighted by Crippen LogP contribution is 2.20. The van der Waals surface area contributed by atoms with Crippen molar-refractivity contribution in [2.45, 2.75) is 45.5 Å². The first-order valence-corrected chi connectivity index (χ1v) is 6.35. The van der Waals surface area contributed by atoms with Crippen LogP contribution in [-0.2, 0) is 17.8 Å². The van der Waals surface area contributed by atoms with Gasteiger partial charge in [-0.2, -0.15) is 0 Å². The smallest absolute Gasteiger partial charge is 0.121 e. The maximum absolute atomic E-state index is 5.70. The summed E-state index contributed by atoms with van der Waals surface area (Å²) in [5, 5.41) is 0. The second-order valence-electron chi connectivity index (χ2n) is 4.71. The van der Waals surface area contributed by atoms with E-state index in [4.69, 9.17) is 14.9 Å². The monoisotopic (exact) mass is 238 g/mol. The summed E-state index contributed by atoms with van der Waals surface area (Å²) in [6.45, 7) is 7.52. The summed E-state index contributed by atoms with van der Waals surface area (Å²) in [6, 6.07) is 2.53. The van der Waals surface area contributed by atoms with E-state index in [1.807, 2.05) is 6.07 Å². The van der Waals surface area contributed by atoms with Gasteiger partial charge in [-0.15, -0.1) is 0 Å². The van der Waals surface area contributed by atoms with Gasteiger partial charge in [-0.3, -0.25) is 4.90 Å². The van der Waals surface area contributed by atoms with Gasteiger partial charge in [0, 0.05) is 24.7 Å². The lowest BCUT2D eigenvalue weighted by Gasteiger charge is -2.38. The van der Waals surface area contributed by atoms with Crippen molar-refractivity contribution in [2.24, 2.45) is 5.73 Å². The van der Waals surface area contributed by atoms with Crippen LogP contribution in [0.2, 0.25) is 0 Å². The van der Waals surface area contributed by atoms with Crippen molar-refractivity contribution in [1.82, 2.24) is 4.90 Å². The van der Waals surface area contributed by atoms with E-state index in [0.29, 0.717) is 18.7 Å². The highest BCUT2D eigenvalue weighted by atomic mass is 16.5. The van der Waals surface area contributed by atoms with Crippen LogP contribution in [-0.4, -0.2) is 30.2 Å². The van der Waals surface area contributed by atoms with Gasteiger partial charge in [-0.25, -0.2) is 0 Å². The molecule has 1 aliphatic heterocycles. The Balaban J connectivity index is 2.05. The first-order chi connectivity index (χ1) is 8.24. The molecule has 0 bridgehead atoms. The molecule has 1 saturated heterocycles. The number of hydrogen-bond donors (Lipinski definition) is 1. The van der Waals surface area contributed by atoms with Gasteiger partial charge in [-0.05, 0) is 19.4 Å². The zero-order chi connectivity index (χ0) is 12.3. The highest BCUT2D eigenvalue weighted by Gasteiger charge is 2.26. The number of hydrogen-bond acceptors (Lipinski definition) is 4. The highest BCUT2D eigenvalue weighted by molar-refractivity contribution is 5.17. The van der Waals surface area contributed by atoms with Crippen LogP contribution in [0.15, 0.2) is 16.7 Å². The summed E-state index contributed by atoms with van der Waals surface area (Å²) in [5.74, 6) is 0.902. The van der Waals surface area contributed by atoms with Crippen LogP contribution in [0.25, 0.3) is 0 Å². The van der Waals surface area contributed by atoms with Gasteiger partial charge in [0.25, 0.3) is 0 Å². The van der Waals surface area contributed by atoms with Crippen LogP contribution in [0.4, 0.5) is 0 Å². The Morgan fingerprint density at radius 3 is 3.06 bits per heavy atom. The molecule has 2 unspecified atom stereocenters. The molecule has 0 saturated carbocycles. The van der Waals surface area contributed by atoms with Crippen LogP contribution in [0, 0.1) is 0 Å². The first kappa shape index (κ1) is 12.6. The van der Waals surface area contributed by atoms with E-state index in [2.05, 4.69) is 18.7 Å². The second-order valence-corrected chi connectivity index (χ2v) is 4.71. The Kier molecular flexibility index (Phi) is 4.20. The molecule has 2 atom stereocenters. The van der Waals surface area contributed by atoms with E-state index in [-0.39, 0.29) is 0 Å². The molecular formula is C13H22N2O2. The summed E-state index contributed by atoms with van der Waals surface area (Å²) >= 11 is 0. The van der Waals surface area contributed by atoms with Crippen LogP contribution in [0.1, 0.15) is 31.6 Å². The molecule has 4 nitrogen and oxygen atoms in total. The summed E-state index contributed by atoms with van der Waals surface area (Å²) < 4.78 is 11.1. The molecule has 0 aliphatic carbocycles. The van der Waals surface area contributed by atoms with Crippen LogP contribution in [0.3, 0.4) is 0 Å². The third-order valence-electron chi connectivity index (χ3n) is 3.45. The van der Waals surface area contributed by atoms with E-state index in [1.54, 1.807) is 6.26 Å². The van der Waals surface area contributed by atoms with Crippen molar-refractivity contribution >= 4 is 0 Å². The summed E-state index contributed by atoms with van der Waals surface area (Å²) in [6.07, 6.45) is 3.15.